The van der Waals surface area contributed by atoms with Crippen molar-refractivity contribution in [3.63, 3.8) is 0 Å². The summed E-state index contributed by atoms with van der Waals surface area (Å²) in [5, 5.41) is 11.9. The number of imide groups is 1. The number of amides is 3. The molecule has 3 rings (SSSR count). The summed E-state index contributed by atoms with van der Waals surface area (Å²) >= 11 is 3.20. The topological polar surface area (TPSA) is 113 Å². The lowest BCUT2D eigenvalue weighted by Gasteiger charge is -2.14. The second kappa shape index (κ2) is 8.87. The van der Waals surface area contributed by atoms with Crippen molar-refractivity contribution < 1.29 is 29.0 Å². The lowest BCUT2D eigenvalue weighted by Crippen LogP contribution is -2.33. The molecule has 9 heteroatoms. The van der Waals surface area contributed by atoms with E-state index in [1.165, 1.54) is 29.2 Å². The zero-order chi connectivity index (χ0) is 21.0. The van der Waals surface area contributed by atoms with Crippen molar-refractivity contribution in [2.45, 2.75) is 12.8 Å². The number of rotatable bonds is 7. The molecule has 1 aliphatic rings. The number of carbonyl (C=O) groups excluding carboxylic acids is 3. The fourth-order valence-corrected chi connectivity index (χ4v) is 3.19. The van der Waals surface area contributed by atoms with Gasteiger partial charge in [-0.05, 0) is 42.5 Å². The number of anilines is 1. The SMILES string of the molecule is O=C(Nc1ccc(Br)cc1C(=O)O)c1ccc(OCCN2C(=O)CCC2=O)cc1. The first kappa shape index (κ1) is 20.5. The molecule has 0 atom stereocenters. The predicted molar refractivity (Wildman–Crippen MR) is 107 cm³/mol. The molecular weight excluding hydrogens is 444 g/mol. The zero-order valence-electron chi connectivity index (χ0n) is 15.2. The van der Waals surface area contributed by atoms with Gasteiger partial charge in [0.15, 0.2) is 0 Å². The summed E-state index contributed by atoms with van der Waals surface area (Å²) in [6, 6.07) is 10.8. The van der Waals surface area contributed by atoms with E-state index in [2.05, 4.69) is 21.2 Å². The van der Waals surface area contributed by atoms with Crippen LogP contribution in [0.25, 0.3) is 0 Å². The van der Waals surface area contributed by atoms with E-state index >= 15 is 0 Å². The summed E-state index contributed by atoms with van der Waals surface area (Å²) in [4.78, 5) is 48.0. The van der Waals surface area contributed by atoms with Gasteiger partial charge in [-0.1, -0.05) is 15.9 Å². The molecule has 29 heavy (non-hydrogen) atoms. The Kier molecular flexibility index (Phi) is 6.28. The van der Waals surface area contributed by atoms with Crippen LogP contribution in [0, 0.1) is 0 Å². The molecule has 3 amide bonds. The van der Waals surface area contributed by atoms with Crippen LogP contribution in [0.3, 0.4) is 0 Å². The number of nitrogens with one attached hydrogen (secondary N) is 1. The number of halogens is 1. The van der Waals surface area contributed by atoms with Gasteiger partial charge in [-0.15, -0.1) is 0 Å². The first-order valence-electron chi connectivity index (χ1n) is 8.75. The second-order valence-corrected chi connectivity index (χ2v) is 7.18. The maximum absolute atomic E-state index is 12.4. The molecule has 0 aliphatic carbocycles. The Labute approximate surface area is 174 Å². The van der Waals surface area contributed by atoms with Crippen molar-refractivity contribution in [3.8, 4) is 5.75 Å². The summed E-state index contributed by atoms with van der Waals surface area (Å²) in [5.74, 6) is -1.52. The molecule has 0 unspecified atom stereocenters. The summed E-state index contributed by atoms with van der Waals surface area (Å²) in [6.45, 7) is 0.339. The third kappa shape index (κ3) is 5.00. The molecule has 0 aromatic heterocycles. The van der Waals surface area contributed by atoms with Crippen molar-refractivity contribution in [2.24, 2.45) is 0 Å². The maximum atomic E-state index is 12.4. The van der Waals surface area contributed by atoms with Gasteiger partial charge in [0.05, 0.1) is 17.8 Å². The summed E-state index contributed by atoms with van der Waals surface area (Å²) in [7, 11) is 0. The number of carbonyl (C=O) groups is 4. The first-order chi connectivity index (χ1) is 13.8. The standard InChI is InChI=1S/C20H17BrN2O6/c21-13-3-6-16(15(11-13)20(27)28)22-19(26)12-1-4-14(5-2-12)29-10-9-23-17(24)7-8-18(23)25/h1-6,11H,7-10H2,(H,22,26)(H,27,28). The molecule has 1 heterocycles. The number of carboxylic acids is 1. The summed E-state index contributed by atoms with van der Waals surface area (Å²) < 4.78 is 6.11. The molecule has 0 bridgehead atoms. The Morgan fingerprint density at radius 1 is 1.07 bits per heavy atom. The molecule has 2 N–H and O–H groups in total. The van der Waals surface area contributed by atoms with Gasteiger partial charge in [-0.2, -0.15) is 0 Å². The second-order valence-electron chi connectivity index (χ2n) is 6.26. The van der Waals surface area contributed by atoms with E-state index in [-0.39, 0.29) is 49.1 Å². The van der Waals surface area contributed by atoms with Gasteiger partial charge in [0, 0.05) is 22.9 Å². The zero-order valence-corrected chi connectivity index (χ0v) is 16.8. The van der Waals surface area contributed by atoms with Crippen molar-refractivity contribution in [1.82, 2.24) is 4.90 Å². The van der Waals surface area contributed by atoms with E-state index in [0.717, 1.165) is 0 Å². The maximum Gasteiger partial charge on any atom is 0.337 e. The van der Waals surface area contributed by atoms with Crippen LogP contribution >= 0.6 is 15.9 Å². The van der Waals surface area contributed by atoms with E-state index in [0.29, 0.717) is 15.8 Å². The number of aromatic carboxylic acids is 1. The molecule has 1 fully saturated rings. The van der Waals surface area contributed by atoms with E-state index in [9.17, 15) is 24.3 Å². The van der Waals surface area contributed by atoms with Gasteiger partial charge in [0.2, 0.25) is 11.8 Å². The molecule has 0 spiro atoms. The minimum atomic E-state index is -1.15. The molecule has 0 saturated carbocycles. The predicted octanol–water partition coefficient (Wildman–Crippen LogP) is 2.93. The highest BCUT2D eigenvalue weighted by molar-refractivity contribution is 9.10. The van der Waals surface area contributed by atoms with Crippen LogP contribution in [0.15, 0.2) is 46.9 Å². The van der Waals surface area contributed by atoms with E-state index < -0.39 is 11.9 Å². The molecular formula is C20H17BrN2O6. The fraction of sp³-hybridized carbons (Fsp3) is 0.200. The number of hydrogen-bond acceptors (Lipinski definition) is 5. The molecule has 1 aliphatic heterocycles. The van der Waals surface area contributed by atoms with Crippen LogP contribution in [0.5, 0.6) is 5.75 Å². The average molecular weight is 461 g/mol. The minimum absolute atomic E-state index is 0.0290. The molecule has 8 nitrogen and oxygen atoms in total. The van der Waals surface area contributed by atoms with Crippen LogP contribution in [-0.2, 0) is 9.59 Å². The quantitative estimate of drug-likeness (QED) is 0.614. The number of benzene rings is 2. The molecule has 2 aromatic carbocycles. The normalized spacial score (nSPS) is 13.5. The van der Waals surface area contributed by atoms with E-state index in [4.69, 9.17) is 4.74 Å². The van der Waals surface area contributed by atoms with Crippen LogP contribution in [0.4, 0.5) is 5.69 Å². The first-order valence-corrected chi connectivity index (χ1v) is 9.54. The van der Waals surface area contributed by atoms with Crippen molar-refractivity contribution in [2.75, 3.05) is 18.5 Å². The number of nitrogens with zero attached hydrogens (tertiary/aromatic N) is 1. The van der Waals surface area contributed by atoms with E-state index in [1.807, 2.05) is 0 Å². The number of hydrogen-bond donors (Lipinski definition) is 2. The van der Waals surface area contributed by atoms with Crippen molar-refractivity contribution in [3.05, 3.63) is 58.1 Å². The highest BCUT2D eigenvalue weighted by Gasteiger charge is 2.28. The lowest BCUT2D eigenvalue weighted by molar-refractivity contribution is -0.138. The Morgan fingerprint density at radius 2 is 1.72 bits per heavy atom. The molecule has 1 saturated heterocycles. The number of carboxylic acid groups (broad SMARTS) is 1. The Hall–Kier alpha value is -3.20. The Bertz CT molecular complexity index is 957. The van der Waals surface area contributed by atoms with Gasteiger partial charge >= 0.3 is 5.97 Å². The smallest absolute Gasteiger partial charge is 0.337 e. The third-order valence-corrected chi connectivity index (χ3v) is 4.81. The van der Waals surface area contributed by atoms with Crippen LogP contribution < -0.4 is 10.1 Å². The summed E-state index contributed by atoms with van der Waals surface area (Å²) in [6.07, 6.45) is 0.481. The number of ether oxygens (including phenoxy) is 1. The van der Waals surface area contributed by atoms with Crippen molar-refractivity contribution >= 4 is 45.3 Å². The van der Waals surface area contributed by atoms with Crippen LogP contribution in [-0.4, -0.2) is 46.8 Å². The Balaban J connectivity index is 1.58. The fourth-order valence-electron chi connectivity index (χ4n) is 2.83. The van der Waals surface area contributed by atoms with Gasteiger partial charge < -0.3 is 15.2 Å². The minimum Gasteiger partial charge on any atom is -0.492 e. The largest absolute Gasteiger partial charge is 0.492 e. The highest BCUT2D eigenvalue weighted by atomic mass is 79.9. The van der Waals surface area contributed by atoms with Crippen LogP contribution in [0.1, 0.15) is 33.6 Å². The van der Waals surface area contributed by atoms with Gasteiger partial charge in [0.25, 0.3) is 5.91 Å². The van der Waals surface area contributed by atoms with Crippen LogP contribution in [0.2, 0.25) is 0 Å². The molecule has 0 radical (unpaired) electrons. The molecule has 150 valence electrons. The highest BCUT2D eigenvalue weighted by Crippen LogP contribution is 2.22. The molecule has 2 aromatic rings. The van der Waals surface area contributed by atoms with Gasteiger partial charge in [0.1, 0.15) is 12.4 Å². The monoisotopic (exact) mass is 460 g/mol. The van der Waals surface area contributed by atoms with Gasteiger partial charge in [-0.3, -0.25) is 19.3 Å². The van der Waals surface area contributed by atoms with Gasteiger partial charge in [-0.25, -0.2) is 4.79 Å². The van der Waals surface area contributed by atoms with Crippen molar-refractivity contribution in [1.29, 1.82) is 0 Å². The summed E-state index contributed by atoms with van der Waals surface area (Å²) in [5.41, 5.74) is 0.478. The Morgan fingerprint density at radius 3 is 2.34 bits per heavy atom. The average Bonchev–Trinajstić information content (AvgIpc) is 3.01. The number of likely N-dealkylation sites (tertiary alicyclic amines) is 1. The lowest BCUT2D eigenvalue weighted by atomic mass is 10.1. The third-order valence-electron chi connectivity index (χ3n) is 4.32. The van der Waals surface area contributed by atoms with E-state index in [1.54, 1.807) is 18.2 Å².